The van der Waals surface area contributed by atoms with Gasteiger partial charge in [-0.05, 0) is 115 Å². The summed E-state index contributed by atoms with van der Waals surface area (Å²) in [5, 5.41) is 18.7. The van der Waals surface area contributed by atoms with Crippen molar-refractivity contribution in [3.05, 3.63) is 240 Å². The predicted molar refractivity (Wildman–Crippen MR) is 239 cm³/mol. The molecule has 0 aromatic heterocycles. The van der Waals surface area contributed by atoms with Gasteiger partial charge in [0.2, 0.25) is 0 Å². The van der Waals surface area contributed by atoms with Crippen molar-refractivity contribution in [3.63, 3.8) is 0 Å². The van der Waals surface area contributed by atoms with Gasteiger partial charge in [0, 0.05) is 11.8 Å². The third-order valence-corrected chi connectivity index (χ3v) is 12.6. The molecule has 260 valence electrons. The topological polar surface area (TPSA) is 0 Å². The Morgan fingerprint density at radius 2 is 0.589 bits per heavy atom. The maximum Gasteiger partial charge on any atom is 0.0352 e. The second kappa shape index (κ2) is 12.2. The maximum atomic E-state index is 2.58. The summed E-state index contributed by atoms with van der Waals surface area (Å²) in [6.45, 7) is 0. The van der Waals surface area contributed by atoms with Crippen molar-refractivity contribution in [3.8, 4) is 0 Å². The summed E-state index contributed by atoms with van der Waals surface area (Å²) >= 11 is 0. The van der Waals surface area contributed by atoms with Gasteiger partial charge in [0.1, 0.15) is 0 Å². The number of benzene rings is 10. The zero-order chi connectivity index (χ0) is 36.7. The SMILES string of the molecule is c1ccc(C(c2ccccc2)c2c3cc4c5ccccc5c5cccc(c3c(C(c3ccccc3)c3ccccc3)c3c6cccc7cccc(c23)c76)c54)cc1. The van der Waals surface area contributed by atoms with Crippen molar-refractivity contribution >= 4 is 75.4 Å². The van der Waals surface area contributed by atoms with E-state index in [9.17, 15) is 0 Å². The zero-order valence-electron chi connectivity index (χ0n) is 30.8. The van der Waals surface area contributed by atoms with Gasteiger partial charge in [-0.15, -0.1) is 0 Å². The lowest BCUT2D eigenvalue weighted by molar-refractivity contribution is 0.988. The molecule has 12 rings (SSSR count). The monoisotopic (exact) mass is 708 g/mol. The summed E-state index contributed by atoms with van der Waals surface area (Å²) in [5.74, 6) is -0.0244. The third-order valence-electron chi connectivity index (χ3n) is 12.6. The fourth-order valence-corrected chi connectivity index (χ4v) is 10.4. The Morgan fingerprint density at radius 3 is 1.11 bits per heavy atom. The molecular weight excluding hydrogens is 673 g/mol. The van der Waals surface area contributed by atoms with Crippen LogP contribution in [0.2, 0.25) is 0 Å². The molecule has 0 heterocycles. The molecule has 0 nitrogen and oxygen atoms in total. The molecule has 0 radical (unpaired) electrons. The standard InChI is InChI=1S/C56H36/c1-5-18-35(19-6-1)48(36-20-7-2-8-21-36)55-47-34-46-41-29-14-13-28-40(41)42-30-17-33-45(51(42)46)52(47)56(49(37-22-9-3-10-23-37)38-24-11-4-12-25-38)54-44-32-16-27-39-26-15-31-43(50(39)44)53(54)55/h1-34,48-49H. The van der Waals surface area contributed by atoms with Crippen LogP contribution in [0.3, 0.4) is 0 Å². The fourth-order valence-electron chi connectivity index (χ4n) is 10.4. The predicted octanol–water partition coefficient (Wildman–Crippen LogP) is 15.0. The van der Waals surface area contributed by atoms with Crippen molar-refractivity contribution in [2.24, 2.45) is 0 Å². The Hall–Kier alpha value is -7.02. The van der Waals surface area contributed by atoms with E-state index in [-0.39, 0.29) is 11.8 Å². The Labute approximate surface area is 325 Å². The molecule has 0 aliphatic heterocycles. The molecule has 0 N–H and O–H groups in total. The minimum absolute atomic E-state index is 0.0105. The number of hydrogen-bond donors (Lipinski definition) is 0. The average Bonchev–Trinajstić information content (AvgIpc) is 3.78. The van der Waals surface area contributed by atoms with E-state index < -0.39 is 0 Å². The molecule has 12 aromatic rings. The van der Waals surface area contributed by atoms with Gasteiger partial charge < -0.3 is 0 Å². The molecule has 0 aliphatic rings. The van der Waals surface area contributed by atoms with Crippen LogP contribution in [0.25, 0.3) is 75.4 Å². The molecule has 0 saturated heterocycles. The largest absolute Gasteiger partial charge is 0.0622 e. The highest BCUT2D eigenvalue weighted by atomic mass is 14.3. The minimum atomic E-state index is -0.0139. The van der Waals surface area contributed by atoms with Gasteiger partial charge in [0.05, 0.1) is 0 Å². The molecule has 56 heavy (non-hydrogen) atoms. The van der Waals surface area contributed by atoms with E-state index in [2.05, 4.69) is 206 Å². The Bertz CT molecular complexity index is 3300. The molecule has 0 saturated carbocycles. The molecule has 0 unspecified atom stereocenters. The van der Waals surface area contributed by atoms with Crippen LogP contribution in [0, 0.1) is 0 Å². The van der Waals surface area contributed by atoms with E-state index in [1.54, 1.807) is 0 Å². The second-order valence-corrected chi connectivity index (χ2v) is 15.4. The van der Waals surface area contributed by atoms with E-state index in [1.807, 2.05) is 0 Å². The molecule has 0 fully saturated rings. The Kier molecular flexibility index (Phi) is 6.86. The van der Waals surface area contributed by atoms with Crippen molar-refractivity contribution in [1.29, 1.82) is 0 Å². The minimum Gasteiger partial charge on any atom is -0.0622 e. The summed E-state index contributed by atoms with van der Waals surface area (Å²) in [4.78, 5) is 0. The van der Waals surface area contributed by atoms with Gasteiger partial charge >= 0.3 is 0 Å². The molecule has 0 bridgehead atoms. The van der Waals surface area contributed by atoms with E-state index >= 15 is 0 Å². The first-order valence-electron chi connectivity index (χ1n) is 19.8. The number of fused-ring (bicyclic) bond motifs is 8. The number of hydrogen-bond acceptors (Lipinski definition) is 0. The molecule has 0 spiro atoms. The quantitative estimate of drug-likeness (QED) is 0.119. The summed E-state index contributed by atoms with van der Waals surface area (Å²) in [6, 6.07) is 77.4. The van der Waals surface area contributed by atoms with E-state index in [4.69, 9.17) is 0 Å². The molecule has 0 atom stereocenters. The molecule has 12 aromatic carbocycles. The highest BCUT2D eigenvalue weighted by Crippen LogP contribution is 2.55. The van der Waals surface area contributed by atoms with Crippen molar-refractivity contribution in [2.75, 3.05) is 0 Å². The lowest BCUT2D eigenvalue weighted by Crippen LogP contribution is -2.09. The van der Waals surface area contributed by atoms with Crippen LogP contribution in [-0.4, -0.2) is 0 Å². The van der Waals surface area contributed by atoms with Crippen LogP contribution in [0.5, 0.6) is 0 Å². The molecule has 0 aliphatic carbocycles. The van der Waals surface area contributed by atoms with Crippen LogP contribution in [0.15, 0.2) is 206 Å². The smallest absolute Gasteiger partial charge is 0.0352 e. The molecule has 0 amide bonds. The average molecular weight is 709 g/mol. The second-order valence-electron chi connectivity index (χ2n) is 15.4. The Balaban J connectivity index is 1.43. The van der Waals surface area contributed by atoms with Crippen LogP contribution in [0.4, 0.5) is 0 Å². The fraction of sp³-hybridized carbons (Fsp3) is 0.0357. The van der Waals surface area contributed by atoms with Crippen LogP contribution in [-0.2, 0) is 0 Å². The van der Waals surface area contributed by atoms with Crippen molar-refractivity contribution in [1.82, 2.24) is 0 Å². The first-order chi connectivity index (χ1) is 27.8. The first kappa shape index (κ1) is 31.3. The summed E-state index contributed by atoms with van der Waals surface area (Å²) in [6.07, 6.45) is 0. The van der Waals surface area contributed by atoms with Gasteiger partial charge in [0.15, 0.2) is 0 Å². The third kappa shape index (κ3) is 4.42. The summed E-state index contributed by atoms with van der Waals surface area (Å²) < 4.78 is 0. The van der Waals surface area contributed by atoms with Crippen LogP contribution in [0.1, 0.15) is 45.2 Å². The van der Waals surface area contributed by atoms with E-state index in [1.165, 1.54) is 109 Å². The van der Waals surface area contributed by atoms with Crippen LogP contribution >= 0.6 is 0 Å². The van der Waals surface area contributed by atoms with Gasteiger partial charge in [-0.25, -0.2) is 0 Å². The first-order valence-corrected chi connectivity index (χ1v) is 19.8. The molecular formula is C56H36. The van der Waals surface area contributed by atoms with Gasteiger partial charge in [-0.1, -0.05) is 200 Å². The van der Waals surface area contributed by atoms with Gasteiger partial charge in [-0.3, -0.25) is 0 Å². The highest BCUT2D eigenvalue weighted by Gasteiger charge is 2.33. The lowest BCUT2D eigenvalue weighted by Gasteiger charge is -2.28. The zero-order valence-corrected chi connectivity index (χ0v) is 30.8. The van der Waals surface area contributed by atoms with Gasteiger partial charge in [-0.2, -0.15) is 0 Å². The van der Waals surface area contributed by atoms with Gasteiger partial charge in [0.25, 0.3) is 0 Å². The Morgan fingerprint density at radius 1 is 0.214 bits per heavy atom. The highest BCUT2D eigenvalue weighted by molar-refractivity contribution is 6.40. The van der Waals surface area contributed by atoms with E-state index in [0.717, 1.165) is 0 Å². The van der Waals surface area contributed by atoms with Crippen molar-refractivity contribution in [2.45, 2.75) is 11.8 Å². The molecule has 0 heteroatoms. The number of rotatable bonds is 6. The van der Waals surface area contributed by atoms with Crippen molar-refractivity contribution < 1.29 is 0 Å². The summed E-state index contributed by atoms with van der Waals surface area (Å²) in [5.41, 5.74) is 7.96. The van der Waals surface area contributed by atoms with E-state index in [0.29, 0.717) is 0 Å². The summed E-state index contributed by atoms with van der Waals surface area (Å²) in [7, 11) is 0. The van der Waals surface area contributed by atoms with Crippen LogP contribution < -0.4 is 0 Å². The lowest BCUT2D eigenvalue weighted by atomic mass is 9.74. The normalized spacial score (nSPS) is 12.2. The maximum absolute atomic E-state index is 2.58.